The van der Waals surface area contributed by atoms with Crippen molar-refractivity contribution >= 4 is 24.4 Å². The fraction of sp³-hybridized carbons (Fsp3) is 0.222. The Kier molecular flexibility index (Phi) is 6.69. The Balaban J connectivity index is 1.92. The molecule has 0 aliphatic heterocycles. The van der Waals surface area contributed by atoms with Crippen molar-refractivity contribution in [3.63, 3.8) is 0 Å². The molecule has 0 heterocycles. The van der Waals surface area contributed by atoms with Gasteiger partial charge in [-0.25, -0.2) is 0 Å². The molecule has 0 radical (unpaired) electrons. The van der Waals surface area contributed by atoms with E-state index in [0.717, 1.165) is 0 Å². The van der Waals surface area contributed by atoms with Gasteiger partial charge in [0.05, 0.1) is 12.0 Å². The second kappa shape index (κ2) is 8.98. The normalized spacial score (nSPS) is 10.2. The number of hydrogen-bond donors (Lipinski definition) is 2. The summed E-state index contributed by atoms with van der Waals surface area (Å²) in [5.74, 6) is 0.0705. The fourth-order valence-corrected chi connectivity index (χ4v) is 2.20. The summed E-state index contributed by atoms with van der Waals surface area (Å²) >= 11 is 3.94. The number of carbonyl (C=O) groups excluding carboxylic acids is 2. The molecule has 0 aromatic heterocycles. The third-order valence-corrected chi connectivity index (χ3v) is 3.40. The standard InChI is InChI=1S/C18H18O5S/c19-16-12-14(22-9-10-23-17(20)8-11-24)6-7-15(16)18(21)13-4-2-1-3-5-13/h1-7,12,19,24H,8-11H2. The Hall–Kier alpha value is -2.47. The van der Waals surface area contributed by atoms with E-state index in [0.29, 0.717) is 17.1 Å². The van der Waals surface area contributed by atoms with E-state index in [4.69, 9.17) is 9.47 Å². The van der Waals surface area contributed by atoms with E-state index in [9.17, 15) is 14.7 Å². The topological polar surface area (TPSA) is 72.8 Å². The first-order valence-corrected chi connectivity index (χ1v) is 8.07. The number of hydrogen-bond acceptors (Lipinski definition) is 6. The van der Waals surface area contributed by atoms with Crippen LogP contribution in [-0.2, 0) is 9.53 Å². The highest BCUT2D eigenvalue weighted by molar-refractivity contribution is 7.80. The van der Waals surface area contributed by atoms with Gasteiger partial charge in [-0.05, 0) is 12.1 Å². The van der Waals surface area contributed by atoms with Crippen molar-refractivity contribution in [3.05, 3.63) is 59.7 Å². The largest absolute Gasteiger partial charge is 0.507 e. The average molecular weight is 346 g/mol. The van der Waals surface area contributed by atoms with Gasteiger partial charge in [0.1, 0.15) is 24.7 Å². The van der Waals surface area contributed by atoms with Gasteiger partial charge in [-0.1, -0.05) is 30.3 Å². The van der Waals surface area contributed by atoms with Gasteiger partial charge in [-0.15, -0.1) is 0 Å². The lowest BCUT2D eigenvalue weighted by molar-refractivity contribution is -0.143. The maximum atomic E-state index is 12.3. The minimum absolute atomic E-state index is 0.109. The van der Waals surface area contributed by atoms with E-state index < -0.39 is 0 Å². The van der Waals surface area contributed by atoms with Crippen LogP contribution in [0.5, 0.6) is 11.5 Å². The lowest BCUT2D eigenvalue weighted by atomic mass is 10.0. The van der Waals surface area contributed by atoms with E-state index in [1.807, 2.05) is 6.07 Å². The maximum absolute atomic E-state index is 12.3. The highest BCUT2D eigenvalue weighted by Gasteiger charge is 2.14. The lowest BCUT2D eigenvalue weighted by Gasteiger charge is -2.09. The van der Waals surface area contributed by atoms with Crippen molar-refractivity contribution in [2.75, 3.05) is 19.0 Å². The van der Waals surface area contributed by atoms with Gasteiger partial charge >= 0.3 is 5.97 Å². The molecular weight excluding hydrogens is 328 g/mol. The Morgan fingerprint density at radius 3 is 2.46 bits per heavy atom. The number of thiol groups is 1. The van der Waals surface area contributed by atoms with E-state index in [1.165, 1.54) is 12.1 Å². The monoisotopic (exact) mass is 346 g/mol. The number of phenolic OH excluding ortho intramolecular Hbond substituents is 1. The lowest BCUT2D eigenvalue weighted by Crippen LogP contribution is -2.12. The van der Waals surface area contributed by atoms with Crippen LogP contribution in [0.15, 0.2) is 48.5 Å². The number of phenols is 1. The quantitative estimate of drug-likeness (QED) is 0.333. The number of rotatable bonds is 8. The molecule has 126 valence electrons. The third-order valence-electron chi connectivity index (χ3n) is 3.18. The zero-order chi connectivity index (χ0) is 17.4. The minimum atomic E-state index is -0.333. The van der Waals surface area contributed by atoms with Gasteiger partial charge in [0.25, 0.3) is 0 Å². The number of esters is 1. The van der Waals surface area contributed by atoms with Crippen molar-refractivity contribution in [2.24, 2.45) is 0 Å². The van der Waals surface area contributed by atoms with Gasteiger partial charge in [0, 0.05) is 17.4 Å². The number of aromatic hydroxyl groups is 1. The van der Waals surface area contributed by atoms with Gasteiger partial charge in [-0.3, -0.25) is 9.59 Å². The fourth-order valence-electron chi connectivity index (χ4n) is 2.02. The molecule has 0 fully saturated rings. The molecule has 1 N–H and O–H groups in total. The molecule has 0 atom stereocenters. The van der Waals surface area contributed by atoms with Crippen LogP contribution in [-0.4, -0.2) is 35.8 Å². The second-order valence-corrected chi connectivity index (χ2v) is 5.36. The van der Waals surface area contributed by atoms with Gasteiger partial charge in [0.15, 0.2) is 5.78 Å². The molecule has 0 aliphatic carbocycles. The van der Waals surface area contributed by atoms with Gasteiger partial charge in [0.2, 0.25) is 0 Å². The summed E-state index contributed by atoms with van der Waals surface area (Å²) in [5, 5.41) is 10.0. The van der Waals surface area contributed by atoms with Crippen molar-refractivity contribution in [2.45, 2.75) is 6.42 Å². The molecule has 24 heavy (non-hydrogen) atoms. The van der Waals surface area contributed by atoms with Crippen LogP contribution < -0.4 is 4.74 Å². The SMILES string of the molecule is O=C(CCS)OCCOc1ccc(C(=O)c2ccccc2)c(O)c1. The molecule has 0 aliphatic rings. The van der Waals surface area contributed by atoms with Gasteiger partial charge < -0.3 is 14.6 Å². The Morgan fingerprint density at radius 1 is 1.04 bits per heavy atom. The molecule has 2 aromatic rings. The summed E-state index contributed by atoms with van der Waals surface area (Å²) in [5.41, 5.74) is 0.700. The average Bonchev–Trinajstić information content (AvgIpc) is 2.59. The number of carbonyl (C=O) groups is 2. The third kappa shape index (κ3) is 5.03. The van der Waals surface area contributed by atoms with Crippen LogP contribution >= 0.6 is 12.6 Å². The molecule has 6 heteroatoms. The molecule has 0 saturated carbocycles. The van der Waals surface area contributed by atoms with Crippen LogP contribution in [0.2, 0.25) is 0 Å². The number of ether oxygens (including phenoxy) is 2. The zero-order valence-electron chi connectivity index (χ0n) is 13.0. The van der Waals surface area contributed by atoms with Crippen LogP contribution in [0, 0.1) is 0 Å². The number of benzene rings is 2. The van der Waals surface area contributed by atoms with E-state index in [-0.39, 0.29) is 42.7 Å². The van der Waals surface area contributed by atoms with E-state index in [1.54, 1.807) is 30.3 Å². The number of ketones is 1. The predicted molar refractivity (Wildman–Crippen MR) is 92.9 cm³/mol. The van der Waals surface area contributed by atoms with Crippen LogP contribution in [0.4, 0.5) is 0 Å². The Bertz CT molecular complexity index is 700. The Labute approximate surface area is 145 Å². The summed E-state index contributed by atoms with van der Waals surface area (Å²) in [7, 11) is 0. The first kappa shape index (κ1) is 17.9. The zero-order valence-corrected chi connectivity index (χ0v) is 13.9. The molecular formula is C18H18O5S. The van der Waals surface area contributed by atoms with Gasteiger partial charge in [-0.2, -0.15) is 12.6 Å². The first-order valence-electron chi connectivity index (χ1n) is 7.44. The summed E-state index contributed by atoms with van der Waals surface area (Å²) in [6, 6.07) is 13.2. The molecule has 5 nitrogen and oxygen atoms in total. The summed E-state index contributed by atoms with van der Waals surface area (Å²) in [6.07, 6.45) is 0.250. The molecule has 0 amide bonds. The highest BCUT2D eigenvalue weighted by atomic mass is 32.1. The highest BCUT2D eigenvalue weighted by Crippen LogP contribution is 2.25. The summed E-state index contributed by atoms with van der Waals surface area (Å²) in [6.45, 7) is 0.266. The summed E-state index contributed by atoms with van der Waals surface area (Å²) < 4.78 is 10.3. The van der Waals surface area contributed by atoms with E-state index in [2.05, 4.69) is 12.6 Å². The molecule has 2 aromatic carbocycles. The van der Waals surface area contributed by atoms with Crippen molar-refractivity contribution in [1.29, 1.82) is 0 Å². The first-order chi connectivity index (χ1) is 11.6. The molecule has 0 saturated heterocycles. The van der Waals surface area contributed by atoms with Crippen LogP contribution in [0.3, 0.4) is 0 Å². The second-order valence-electron chi connectivity index (χ2n) is 4.92. The molecule has 0 unspecified atom stereocenters. The Morgan fingerprint density at radius 2 is 1.79 bits per heavy atom. The van der Waals surface area contributed by atoms with Crippen molar-refractivity contribution < 1.29 is 24.2 Å². The molecule has 0 spiro atoms. The molecule has 0 bridgehead atoms. The maximum Gasteiger partial charge on any atom is 0.306 e. The summed E-state index contributed by atoms with van der Waals surface area (Å²) in [4.78, 5) is 23.5. The van der Waals surface area contributed by atoms with E-state index >= 15 is 0 Å². The minimum Gasteiger partial charge on any atom is -0.507 e. The predicted octanol–water partition coefficient (Wildman–Crippen LogP) is 2.87. The molecule has 2 rings (SSSR count). The van der Waals surface area contributed by atoms with Crippen molar-refractivity contribution in [1.82, 2.24) is 0 Å². The van der Waals surface area contributed by atoms with Crippen LogP contribution in [0.1, 0.15) is 22.3 Å². The van der Waals surface area contributed by atoms with Crippen molar-refractivity contribution in [3.8, 4) is 11.5 Å². The smallest absolute Gasteiger partial charge is 0.306 e. The van der Waals surface area contributed by atoms with Crippen LogP contribution in [0.25, 0.3) is 0 Å².